The summed E-state index contributed by atoms with van der Waals surface area (Å²) in [5.74, 6) is 1.75. The lowest BCUT2D eigenvalue weighted by atomic mass is 9.98. The zero-order valence-electron chi connectivity index (χ0n) is 12.8. The summed E-state index contributed by atoms with van der Waals surface area (Å²) in [6.45, 7) is 12.3. The molecular formula is C20H22O. The highest BCUT2D eigenvalue weighted by Crippen LogP contribution is 2.30. The van der Waals surface area contributed by atoms with Crippen LogP contribution in [-0.2, 0) is 4.74 Å². The van der Waals surface area contributed by atoms with Crippen LogP contribution in [0.3, 0.4) is 0 Å². The van der Waals surface area contributed by atoms with Crippen molar-refractivity contribution in [2.45, 2.75) is 25.7 Å². The molecule has 0 bridgehead atoms. The molecule has 21 heavy (non-hydrogen) atoms. The molecule has 0 fully saturated rings. The Hall–Kier alpha value is -2.28. The molecule has 0 radical (unpaired) electrons. The third-order valence-electron chi connectivity index (χ3n) is 3.83. The molecule has 2 rings (SSSR count). The van der Waals surface area contributed by atoms with Gasteiger partial charge in [-0.3, -0.25) is 0 Å². The Balaban J connectivity index is 2.01. The average Bonchev–Trinajstić information content (AvgIpc) is 2.55. The molecule has 0 spiro atoms. The van der Waals surface area contributed by atoms with E-state index in [2.05, 4.69) is 51.3 Å². The second-order valence-electron chi connectivity index (χ2n) is 5.30. The number of hydrogen-bond donors (Lipinski definition) is 0. The smallest absolute Gasteiger partial charge is 0.104 e. The van der Waals surface area contributed by atoms with E-state index in [9.17, 15) is 0 Å². The average molecular weight is 278 g/mol. The predicted molar refractivity (Wildman–Crippen MR) is 89.1 cm³/mol. The molecule has 2 unspecified atom stereocenters. The topological polar surface area (TPSA) is 9.23 Å². The van der Waals surface area contributed by atoms with Crippen molar-refractivity contribution in [3.63, 3.8) is 0 Å². The molecule has 0 aromatic heterocycles. The Morgan fingerprint density at radius 3 is 1.38 bits per heavy atom. The first-order valence-corrected chi connectivity index (χ1v) is 7.25. The van der Waals surface area contributed by atoms with Gasteiger partial charge in [-0.05, 0) is 11.1 Å². The molecule has 1 nitrogen and oxygen atoms in total. The van der Waals surface area contributed by atoms with Crippen molar-refractivity contribution < 1.29 is 4.74 Å². The zero-order chi connectivity index (χ0) is 15.2. The van der Waals surface area contributed by atoms with Crippen LogP contribution in [0.1, 0.15) is 36.8 Å². The summed E-state index contributed by atoms with van der Waals surface area (Å²) in [5, 5.41) is 0. The van der Waals surface area contributed by atoms with E-state index in [4.69, 9.17) is 4.74 Å². The van der Waals surface area contributed by atoms with E-state index >= 15 is 0 Å². The molecule has 0 amide bonds. The highest BCUT2D eigenvalue weighted by atomic mass is 16.5. The third kappa shape index (κ3) is 3.85. The van der Waals surface area contributed by atoms with Gasteiger partial charge in [-0.25, -0.2) is 0 Å². The van der Waals surface area contributed by atoms with E-state index in [0.717, 1.165) is 11.5 Å². The molecule has 0 heterocycles. The molecule has 0 aliphatic carbocycles. The Morgan fingerprint density at radius 2 is 1.05 bits per heavy atom. The van der Waals surface area contributed by atoms with Crippen LogP contribution in [0, 0.1) is 0 Å². The Labute approximate surface area is 127 Å². The molecule has 0 aliphatic rings. The van der Waals surface area contributed by atoms with E-state index in [0.29, 0.717) is 0 Å². The summed E-state index contributed by atoms with van der Waals surface area (Å²) in [7, 11) is 0. The second-order valence-corrected chi connectivity index (χ2v) is 5.30. The van der Waals surface area contributed by atoms with Crippen LogP contribution >= 0.6 is 0 Å². The lowest BCUT2D eigenvalue weighted by Crippen LogP contribution is -2.05. The summed E-state index contributed by atoms with van der Waals surface area (Å²) in [6, 6.07) is 20.5. The first-order valence-electron chi connectivity index (χ1n) is 7.25. The largest absolute Gasteiger partial charge is 0.466 e. The fraction of sp³-hybridized carbons (Fsp3) is 0.200. The van der Waals surface area contributed by atoms with Gasteiger partial charge in [0, 0.05) is 11.8 Å². The minimum atomic E-state index is 0.144. The van der Waals surface area contributed by atoms with Crippen LogP contribution in [0.15, 0.2) is 85.3 Å². The first-order chi connectivity index (χ1) is 10.1. The summed E-state index contributed by atoms with van der Waals surface area (Å²) in [4.78, 5) is 0. The van der Waals surface area contributed by atoms with Crippen LogP contribution in [0.2, 0.25) is 0 Å². The molecule has 108 valence electrons. The number of hydrogen-bond acceptors (Lipinski definition) is 1. The molecule has 2 aromatic carbocycles. The van der Waals surface area contributed by atoms with Gasteiger partial charge >= 0.3 is 0 Å². The molecule has 0 saturated carbocycles. The van der Waals surface area contributed by atoms with Crippen LogP contribution in [0.25, 0.3) is 0 Å². The van der Waals surface area contributed by atoms with Gasteiger partial charge in [0.25, 0.3) is 0 Å². The lowest BCUT2D eigenvalue weighted by molar-refractivity contribution is 0.264. The van der Waals surface area contributed by atoms with E-state index in [1.54, 1.807) is 0 Å². The van der Waals surface area contributed by atoms with E-state index in [1.807, 2.05) is 36.4 Å². The summed E-state index contributed by atoms with van der Waals surface area (Å²) in [6.07, 6.45) is 0. The van der Waals surface area contributed by atoms with Crippen molar-refractivity contribution >= 4 is 0 Å². The van der Waals surface area contributed by atoms with Gasteiger partial charge in [-0.2, -0.15) is 0 Å². The fourth-order valence-electron chi connectivity index (χ4n) is 2.20. The SMILES string of the molecule is C=C(OC(=C)C(C)c1ccccc1)C(C)c1ccccc1. The van der Waals surface area contributed by atoms with E-state index < -0.39 is 0 Å². The number of benzene rings is 2. The number of allylic oxidation sites excluding steroid dienone is 2. The van der Waals surface area contributed by atoms with Gasteiger partial charge in [0.2, 0.25) is 0 Å². The highest BCUT2D eigenvalue weighted by molar-refractivity contribution is 5.27. The van der Waals surface area contributed by atoms with Gasteiger partial charge in [0.05, 0.1) is 0 Å². The van der Waals surface area contributed by atoms with Gasteiger partial charge in [-0.15, -0.1) is 0 Å². The van der Waals surface area contributed by atoms with E-state index in [-0.39, 0.29) is 11.8 Å². The van der Waals surface area contributed by atoms with Crippen molar-refractivity contribution in [2.75, 3.05) is 0 Å². The molecule has 2 atom stereocenters. The first kappa shape index (κ1) is 15.1. The number of rotatable bonds is 6. The Kier molecular flexibility index (Phi) is 4.99. The molecule has 0 saturated heterocycles. The van der Waals surface area contributed by atoms with Gasteiger partial charge in [-0.1, -0.05) is 87.7 Å². The monoisotopic (exact) mass is 278 g/mol. The molecule has 0 aliphatic heterocycles. The van der Waals surface area contributed by atoms with Gasteiger partial charge < -0.3 is 4.74 Å². The predicted octanol–water partition coefficient (Wildman–Crippen LogP) is 5.64. The number of ether oxygens (including phenoxy) is 1. The summed E-state index contributed by atoms with van der Waals surface area (Å²) < 4.78 is 5.89. The lowest BCUT2D eigenvalue weighted by Gasteiger charge is -2.21. The van der Waals surface area contributed by atoms with Gasteiger partial charge in [0.15, 0.2) is 0 Å². The maximum Gasteiger partial charge on any atom is 0.104 e. The van der Waals surface area contributed by atoms with Crippen molar-refractivity contribution in [3.8, 4) is 0 Å². The van der Waals surface area contributed by atoms with Gasteiger partial charge in [0.1, 0.15) is 11.5 Å². The maximum absolute atomic E-state index is 5.89. The maximum atomic E-state index is 5.89. The molecular weight excluding hydrogens is 256 g/mol. The highest BCUT2D eigenvalue weighted by Gasteiger charge is 2.16. The Bertz CT molecular complexity index is 543. The quantitative estimate of drug-likeness (QED) is 0.621. The van der Waals surface area contributed by atoms with Crippen LogP contribution in [0.4, 0.5) is 0 Å². The minimum absolute atomic E-state index is 0.144. The van der Waals surface area contributed by atoms with Crippen LogP contribution in [-0.4, -0.2) is 0 Å². The molecule has 0 N–H and O–H groups in total. The third-order valence-corrected chi connectivity index (χ3v) is 3.83. The van der Waals surface area contributed by atoms with Crippen molar-refractivity contribution in [3.05, 3.63) is 96.5 Å². The van der Waals surface area contributed by atoms with Crippen molar-refractivity contribution in [1.82, 2.24) is 0 Å². The van der Waals surface area contributed by atoms with Crippen molar-refractivity contribution in [1.29, 1.82) is 0 Å². The normalized spacial score (nSPS) is 13.2. The minimum Gasteiger partial charge on any atom is -0.466 e. The zero-order valence-corrected chi connectivity index (χ0v) is 12.8. The fourth-order valence-corrected chi connectivity index (χ4v) is 2.20. The summed E-state index contributed by atoms with van der Waals surface area (Å²) >= 11 is 0. The van der Waals surface area contributed by atoms with Crippen LogP contribution in [0.5, 0.6) is 0 Å². The van der Waals surface area contributed by atoms with Crippen molar-refractivity contribution in [2.24, 2.45) is 0 Å². The molecule has 1 heteroatoms. The Morgan fingerprint density at radius 1 is 0.714 bits per heavy atom. The second kappa shape index (κ2) is 6.94. The molecule has 2 aromatic rings. The van der Waals surface area contributed by atoms with E-state index in [1.165, 1.54) is 11.1 Å². The summed E-state index contributed by atoms with van der Waals surface area (Å²) in [5.41, 5.74) is 2.39. The van der Waals surface area contributed by atoms with Crippen LogP contribution < -0.4 is 0 Å². The standard InChI is InChI=1S/C20H22O/c1-15(19-11-7-5-8-12-19)17(3)21-18(4)16(2)20-13-9-6-10-14-20/h5-16H,3-4H2,1-2H3.